The van der Waals surface area contributed by atoms with Crippen molar-refractivity contribution in [2.45, 2.75) is 0 Å². The highest BCUT2D eigenvalue weighted by Gasteiger charge is 2.26. The molecule has 0 heterocycles. The molecule has 0 aromatic heterocycles. The van der Waals surface area contributed by atoms with Crippen molar-refractivity contribution < 1.29 is 29.4 Å². The largest absolute Gasteiger partial charge is 0.617 e. The van der Waals surface area contributed by atoms with E-state index in [9.17, 15) is 34.7 Å². The number of nitro groups is 2. The zero-order valence-corrected chi connectivity index (χ0v) is 11.1. The Bertz CT molecular complexity index is 507. The summed E-state index contributed by atoms with van der Waals surface area (Å²) in [5, 5.41) is 38.5. The summed E-state index contributed by atoms with van der Waals surface area (Å²) in [4.78, 5) is 29.2. The summed E-state index contributed by atoms with van der Waals surface area (Å²) in [5.41, 5.74) is -2.69. The molecule has 10 nitrogen and oxygen atoms in total. The Balaban J connectivity index is 0.000000796. The predicted molar refractivity (Wildman–Crippen MR) is 68.4 cm³/mol. The molecule has 0 unspecified atom stereocenters. The molecule has 0 spiro atoms. The van der Waals surface area contributed by atoms with Crippen molar-refractivity contribution in [3.63, 3.8) is 0 Å². The number of aromatic hydroxyl groups is 1. The van der Waals surface area contributed by atoms with Gasteiger partial charge in [0, 0.05) is 6.07 Å². The first-order valence-corrected chi connectivity index (χ1v) is 6.68. The molecule has 1 rings (SSSR count). The summed E-state index contributed by atoms with van der Waals surface area (Å²) in [6.45, 7) is 0. The van der Waals surface area contributed by atoms with E-state index in [1.807, 2.05) is 0 Å². The predicted octanol–water partition coefficient (Wildman–Crippen LogP) is 0.901. The summed E-state index contributed by atoms with van der Waals surface area (Å²) in [7, 11) is 0. The first kappa shape index (κ1) is 17.6. The van der Waals surface area contributed by atoms with Crippen molar-refractivity contribution in [3.05, 3.63) is 37.9 Å². The van der Waals surface area contributed by atoms with Gasteiger partial charge in [-0.15, -0.1) is 0 Å². The van der Waals surface area contributed by atoms with Gasteiger partial charge in [0.25, 0.3) is 5.69 Å². The summed E-state index contributed by atoms with van der Waals surface area (Å²) in [6.07, 6.45) is 3.28. The van der Waals surface area contributed by atoms with Gasteiger partial charge in [-0.1, -0.05) is 11.2 Å². The molecule has 0 saturated carbocycles. The molecule has 0 fully saturated rings. The number of carboxylic acids is 1. The summed E-state index contributed by atoms with van der Waals surface area (Å²) < 4.78 is 9.56. The van der Waals surface area contributed by atoms with E-state index in [0.29, 0.717) is 12.1 Å². The molecule has 110 valence electrons. The highest BCUT2D eigenvalue weighted by Crippen LogP contribution is 2.34. The third-order valence-corrected chi connectivity index (χ3v) is 1.71. The fraction of sp³-hybridized carbons (Fsp3) is 0.222. The SMILES string of the molecule is C[S+](C)[O-].O=C(O)c1cc([N+](=O)[O-])cc([N+](=O)[O-])c1O. The number of carbonyl (C=O) groups is 1. The Morgan fingerprint density at radius 3 is 1.95 bits per heavy atom. The van der Waals surface area contributed by atoms with Gasteiger partial charge in [-0.2, -0.15) is 0 Å². The number of aromatic carboxylic acids is 1. The highest BCUT2D eigenvalue weighted by molar-refractivity contribution is 7.89. The molecule has 1 aromatic rings. The monoisotopic (exact) mass is 306 g/mol. The third-order valence-electron chi connectivity index (χ3n) is 1.71. The average Bonchev–Trinajstić information content (AvgIpc) is 2.27. The van der Waals surface area contributed by atoms with E-state index < -0.39 is 49.7 Å². The van der Waals surface area contributed by atoms with E-state index in [4.69, 9.17) is 5.11 Å². The van der Waals surface area contributed by atoms with Crippen LogP contribution >= 0.6 is 0 Å². The molecule has 11 heteroatoms. The number of hydrogen-bond donors (Lipinski definition) is 2. The van der Waals surface area contributed by atoms with Crippen molar-refractivity contribution in [1.29, 1.82) is 0 Å². The number of carboxylic acid groups (broad SMARTS) is 1. The number of hydrogen-bond acceptors (Lipinski definition) is 7. The van der Waals surface area contributed by atoms with E-state index in [0.717, 1.165) is 0 Å². The number of nitro benzene ring substituents is 2. The van der Waals surface area contributed by atoms with Gasteiger partial charge in [0.1, 0.15) is 5.56 Å². The van der Waals surface area contributed by atoms with Crippen LogP contribution in [0.25, 0.3) is 0 Å². The lowest BCUT2D eigenvalue weighted by atomic mass is 10.1. The number of nitrogens with zero attached hydrogens (tertiary/aromatic N) is 2. The zero-order valence-electron chi connectivity index (χ0n) is 10.3. The van der Waals surface area contributed by atoms with Gasteiger partial charge in [0.15, 0.2) is 0 Å². The van der Waals surface area contributed by atoms with Gasteiger partial charge < -0.3 is 14.8 Å². The molecule has 0 amide bonds. The van der Waals surface area contributed by atoms with Crippen LogP contribution in [0.3, 0.4) is 0 Å². The summed E-state index contributed by atoms with van der Waals surface area (Å²) >= 11 is -0.611. The Labute approximate surface area is 115 Å². The van der Waals surface area contributed by atoms with Crippen LogP contribution in [0.4, 0.5) is 11.4 Å². The molecule has 0 saturated heterocycles. The third kappa shape index (κ3) is 5.07. The zero-order chi connectivity index (χ0) is 16.0. The van der Waals surface area contributed by atoms with E-state index in [1.165, 1.54) is 0 Å². The van der Waals surface area contributed by atoms with Crippen LogP contribution in [0, 0.1) is 20.2 Å². The molecular weight excluding hydrogens is 296 g/mol. The maximum absolute atomic E-state index is 10.6. The van der Waals surface area contributed by atoms with Crippen molar-refractivity contribution in [2.75, 3.05) is 12.5 Å². The minimum Gasteiger partial charge on any atom is -0.617 e. The standard InChI is InChI=1S/C7H4N2O7.C2H6OS/c10-6-4(7(11)12)1-3(8(13)14)2-5(6)9(15)16;1-4(2)3/h1-2,10H,(H,11,12);1-2H3. The second kappa shape index (κ2) is 7.25. The van der Waals surface area contributed by atoms with Crippen LogP contribution in [0.15, 0.2) is 12.1 Å². The summed E-state index contributed by atoms with van der Waals surface area (Å²) in [5.74, 6) is -2.80. The molecule has 0 aliphatic carbocycles. The smallest absolute Gasteiger partial charge is 0.340 e. The van der Waals surface area contributed by atoms with Crippen molar-refractivity contribution in [3.8, 4) is 5.75 Å². The van der Waals surface area contributed by atoms with Gasteiger partial charge in [-0.3, -0.25) is 20.2 Å². The highest BCUT2D eigenvalue weighted by atomic mass is 32.2. The Hall–Kier alpha value is -2.40. The van der Waals surface area contributed by atoms with Crippen LogP contribution < -0.4 is 0 Å². The van der Waals surface area contributed by atoms with Gasteiger partial charge >= 0.3 is 11.7 Å². The van der Waals surface area contributed by atoms with Gasteiger partial charge in [0.05, 0.1) is 28.4 Å². The fourth-order valence-corrected chi connectivity index (χ4v) is 1.01. The average molecular weight is 306 g/mol. The minimum absolute atomic E-state index is 0.488. The van der Waals surface area contributed by atoms with Crippen LogP contribution in [-0.4, -0.2) is 43.1 Å². The number of phenols is 1. The van der Waals surface area contributed by atoms with Crippen LogP contribution in [0.5, 0.6) is 5.75 Å². The topological polar surface area (TPSA) is 167 Å². The molecule has 20 heavy (non-hydrogen) atoms. The van der Waals surface area contributed by atoms with Crippen molar-refractivity contribution in [1.82, 2.24) is 0 Å². The second-order valence-electron chi connectivity index (χ2n) is 3.42. The van der Waals surface area contributed by atoms with Crippen molar-refractivity contribution >= 4 is 28.5 Å². The number of benzene rings is 1. The van der Waals surface area contributed by atoms with E-state index in [2.05, 4.69) is 0 Å². The molecule has 0 aliphatic rings. The second-order valence-corrected chi connectivity index (χ2v) is 4.91. The molecular formula is C9H10N2O8S. The molecule has 1 aromatic carbocycles. The number of non-ortho nitro benzene ring substituents is 1. The van der Waals surface area contributed by atoms with Crippen LogP contribution in [0.2, 0.25) is 0 Å². The molecule has 2 N–H and O–H groups in total. The Kier molecular flexibility index (Phi) is 6.38. The lowest BCUT2D eigenvalue weighted by Crippen LogP contribution is -2.02. The van der Waals surface area contributed by atoms with Gasteiger partial charge in [-0.05, 0) is 0 Å². The lowest BCUT2D eigenvalue weighted by molar-refractivity contribution is -0.394. The van der Waals surface area contributed by atoms with Crippen LogP contribution in [0.1, 0.15) is 10.4 Å². The first-order valence-electron chi connectivity index (χ1n) is 4.72. The minimum atomic E-state index is -1.69. The van der Waals surface area contributed by atoms with E-state index in [1.54, 1.807) is 12.5 Å². The molecule has 0 radical (unpaired) electrons. The van der Waals surface area contributed by atoms with Crippen LogP contribution in [-0.2, 0) is 11.2 Å². The van der Waals surface area contributed by atoms with Crippen molar-refractivity contribution in [2.24, 2.45) is 0 Å². The summed E-state index contributed by atoms with van der Waals surface area (Å²) in [6, 6.07) is 1.03. The maximum Gasteiger partial charge on any atom is 0.340 e. The quantitative estimate of drug-likeness (QED) is 0.471. The fourth-order valence-electron chi connectivity index (χ4n) is 1.01. The molecule has 0 aliphatic heterocycles. The van der Waals surface area contributed by atoms with E-state index >= 15 is 0 Å². The van der Waals surface area contributed by atoms with Gasteiger partial charge in [0.2, 0.25) is 5.75 Å². The van der Waals surface area contributed by atoms with E-state index in [-0.39, 0.29) is 0 Å². The molecule has 0 atom stereocenters. The Morgan fingerprint density at radius 2 is 1.65 bits per heavy atom. The number of rotatable bonds is 3. The molecule has 0 bridgehead atoms. The van der Waals surface area contributed by atoms with Gasteiger partial charge in [-0.25, -0.2) is 4.79 Å². The lowest BCUT2D eigenvalue weighted by Gasteiger charge is -2.00. The normalized spacial score (nSPS) is 9.60. The Morgan fingerprint density at radius 1 is 1.20 bits per heavy atom. The first-order chi connectivity index (χ1) is 9.07. The maximum atomic E-state index is 10.6.